The van der Waals surface area contributed by atoms with Gasteiger partial charge in [-0.15, -0.1) is 0 Å². The maximum atomic E-state index is 2.44. The third-order valence-corrected chi connectivity index (χ3v) is 5.49. The molecular formula is C15H28. The van der Waals surface area contributed by atoms with Crippen LogP contribution in [0.4, 0.5) is 0 Å². The van der Waals surface area contributed by atoms with Gasteiger partial charge in [-0.1, -0.05) is 47.0 Å². The maximum absolute atomic E-state index is 2.44. The van der Waals surface area contributed by atoms with E-state index in [1.165, 1.54) is 44.9 Å². The summed E-state index contributed by atoms with van der Waals surface area (Å²) in [7, 11) is 0. The molecule has 15 heavy (non-hydrogen) atoms. The van der Waals surface area contributed by atoms with Crippen LogP contribution in [-0.4, -0.2) is 0 Å². The molecule has 3 unspecified atom stereocenters. The summed E-state index contributed by atoms with van der Waals surface area (Å²) in [6.07, 6.45) is 10.5. The molecule has 0 aromatic carbocycles. The van der Waals surface area contributed by atoms with Gasteiger partial charge in [0.15, 0.2) is 0 Å². The van der Waals surface area contributed by atoms with Crippen LogP contribution in [0, 0.1) is 22.7 Å². The van der Waals surface area contributed by atoms with Gasteiger partial charge >= 0.3 is 0 Å². The van der Waals surface area contributed by atoms with Gasteiger partial charge < -0.3 is 0 Å². The van der Waals surface area contributed by atoms with Gasteiger partial charge in [-0.05, 0) is 48.3 Å². The summed E-state index contributed by atoms with van der Waals surface area (Å²) in [4.78, 5) is 0. The number of rotatable bonds is 1. The van der Waals surface area contributed by atoms with Gasteiger partial charge in [-0.25, -0.2) is 0 Å². The largest absolute Gasteiger partial charge is 0.0648 e. The Balaban J connectivity index is 2.14. The fourth-order valence-electron chi connectivity index (χ4n) is 4.20. The normalized spacial score (nSPS) is 41.6. The van der Waals surface area contributed by atoms with Crippen LogP contribution >= 0.6 is 0 Å². The minimum Gasteiger partial charge on any atom is -0.0648 e. The van der Waals surface area contributed by atoms with Crippen molar-refractivity contribution in [1.82, 2.24) is 0 Å². The average Bonchev–Trinajstić information content (AvgIpc) is 2.57. The molecule has 0 heterocycles. The molecule has 0 nitrogen and oxygen atoms in total. The molecule has 2 aliphatic rings. The zero-order valence-corrected chi connectivity index (χ0v) is 11.1. The molecule has 0 amide bonds. The van der Waals surface area contributed by atoms with Gasteiger partial charge in [0.05, 0.1) is 0 Å². The van der Waals surface area contributed by atoms with E-state index in [1.807, 2.05) is 0 Å². The summed E-state index contributed by atoms with van der Waals surface area (Å²) in [6, 6.07) is 0. The van der Waals surface area contributed by atoms with Crippen molar-refractivity contribution in [1.29, 1.82) is 0 Å². The SMILES string of the molecule is CCC12CCCCC1CC(C(C)(C)C)C2. The van der Waals surface area contributed by atoms with Crippen molar-refractivity contribution >= 4 is 0 Å². The molecule has 2 rings (SSSR count). The van der Waals surface area contributed by atoms with Crippen LogP contribution in [0.3, 0.4) is 0 Å². The third-order valence-electron chi connectivity index (χ3n) is 5.49. The monoisotopic (exact) mass is 208 g/mol. The van der Waals surface area contributed by atoms with Crippen molar-refractivity contribution in [3.63, 3.8) is 0 Å². The smallest absolute Gasteiger partial charge is 0.0269 e. The van der Waals surface area contributed by atoms with Gasteiger partial charge in [0, 0.05) is 0 Å². The topological polar surface area (TPSA) is 0 Å². The Hall–Kier alpha value is 0. The second kappa shape index (κ2) is 3.79. The first-order chi connectivity index (χ1) is 6.98. The first-order valence-corrected chi connectivity index (χ1v) is 6.98. The average molecular weight is 208 g/mol. The molecule has 0 radical (unpaired) electrons. The molecule has 3 atom stereocenters. The highest BCUT2D eigenvalue weighted by Crippen LogP contribution is 2.59. The van der Waals surface area contributed by atoms with Crippen molar-refractivity contribution in [2.75, 3.05) is 0 Å². The third kappa shape index (κ3) is 1.97. The molecule has 0 heteroatoms. The molecule has 0 bridgehead atoms. The molecular weight excluding hydrogens is 180 g/mol. The summed E-state index contributed by atoms with van der Waals surface area (Å²) >= 11 is 0. The zero-order valence-electron chi connectivity index (χ0n) is 11.1. The summed E-state index contributed by atoms with van der Waals surface area (Å²) in [5.41, 5.74) is 1.30. The van der Waals surface area contributed by atoms with Crippen LogP contribution in [-0.2, 0) is 0 Å². The Morgan fingerprint density at radius 1 is 1.20 bits per heavy atom. The summed E-state index contributed by atoms with van der Waals surface area (Å²) < 4.78 is 0. The van der Waals surface area contributed by atoms with Gasteiger partial charge in [0.2, 0.25) is 0 Å². The quantitative estimate of drug-likeness (QED) is 0.567. The first kappa shape index (κ1) is 11.5. The van der Waals surface area contributed by atoms with Crippen LogP contribution in [0.2, 0.25) is 0 Å². The van der Waals surface area contributed by atoms with E-state index in [2.05, 4.69) is 27.7 Å². The predicted octanol–water partition coefficient (Wildman–Crippen LogP) is 5.03. The highest BCUT2D eigenvalue weighted by Gasteiger charge is 2.49. The zero-order chi connectivity index (χ0) is 11.1. The molecule has 0 aromatic heterocycles. The van der Waals surface area contributed by atoms with Crippen molar-refractivity contribution in [3.05, 3.63) is 0 Å². The van der Waals surface area contributed by atoms with Gasteiger partial charge in [-0.3, -0.25) is 0 Å². The molecule has 0 saturated heterocycles. The van der Waals surface area contributed by atoms with E-state index in [0.29, 0.717) is 5.41 Å². The van der Waals surface area contributed by atoms with Crippen LogP contribution in [0.1, 0.15) is 72.6 Å². The number of hydrogen-bond donors (Lipinski definition) is 0. The van der Waals surface area contributed by atoms with E-state index in [9.17, 15) is 0 Å². The van der Waals surface area contributed by atoms with Crippen molar-refractivity contribution in [2.45, 2.75) is 72.6 Å². The highest BCUT2D eigenvalue weighted by molar-refractivity contribution is 4.99. The van der Waals surface area contributed by atoms with Gasteiger partial charge in [0.25, 0.3) is 0 Å². The Kier molecular flexibility index (Phi) is 2.90. The standard InChI is InChI=1S/C15H28/c1-5-15-9-7-6-8-12(15)10-13(11-15)14(2,3)4/h12-13H,5-11H2,1-4H3. The Morgan fingerprint density at radius 3 is 2.47 bits per heavy atom. The van der Waals surface area contributed by atoms with E-state index in [1.54, 1.807) is 0 Å². The Labute approximate surface area is 95.8 Å². The molecule has 88 valence electrons. The Morgan fingerprint density at radius 2 is 1.93 bits per heavy atom. The van der Waals surface area contributed by atoms with Crippen molar-refractivity contribution in [2.24, 2.45) is 22.7 Å². The van der Waals surface area contributed by atoms with Crippen LogP contribution in [0.25, 0.3) is 0 Å². The Bertz CT molecular complexity index is 223. The minimum absolute atomic E-state index is 0.541. The molecule has 0 aromatic rings. The van der Waals surface area contributed by atoms with Gasteiger partial charge in [-0.2, -0.15) is 0 Å². The molecule has 0 N–H and O–H groups in total. The molecule has 2 aliphatic carbocycles. The second-order valence-corrected chi connectivity index (χ2v) is 7.16. The number of hydrogen-bond acceptors (Lipinski definition) is 0. The summed E-state index contributed by atoms with van der Waals surface area (Å²) in [5, 5.41) is 0. The fourth-order valence-corrected chi connectivity index (χ4v) is 4.20. The first-order valence-electron chi connectivity index (χ1n) is 6.98. The van der Waals surface area contributed by atoms with Crippen molar-refractivity contribution < 1.29 is 0 Å². The van der Waals surface area contributed by atoms with Crippen molar-refractivity contribution in [3.8, 4) is 0 Å². The lowest BCUT2D eigenvalue weighted by molar-refractivity contribution is 0.118. The van der Waals surface area contributed by atoms with Crippen LogP contribution in [0.5, 0.6) is 0 Å². The lowest BCUT2D eigenvalue weighted by Gasteiger charge is -2.39. The lowest BCUT2D eigenvalue weighted by atomic mass is 9.66. The fraction of sp³-hybridized carbons (Fsp3) is 1.00. The van der Waals surface area contributed by atoms with Crippen LogP contribution in [0.15, 0.2) is 0 Å². The van der Waals surface area contributed by atoms with E-state index in [4.69, 9.17) is 0 Å². The van der Waals surface area contributed by atoms with Crippen LogP contribution < -0.4 is 0 Å². The van der Waals surface area contributed by atoms with E-state index < -0.39 is 0 Å². The second-order valence-electron chi connectivity index (χ2n) is 7.16. The number of fused-ring (bicyclic) bond motifs is 1. The molecule has 2 fully saturated rings. The summed E-state index contributed by atoms with van der Waals surface area (Å²) in [5.74, 6) is 2.06. The highest BCUT2D eigenvalue weighted by atomic mass is 14.5. The van der Waals surface area contributed by atoms with Gasteiger partial charge in [0.1, 0.15) is 0 Å². The minimum atomic E-state index is 0.541. The van der Waals surface area contributed by atoms with E-state index in [-0.39, 0.29) is 0 Å². The molecule has 0 spiro atoms. The van der Waals surface area contributed by atoms with E-state index in [0.717, 1.165) is 17.3 Å². The maximum Gasteiger partial charge on any atom is -0.0269 e. The summed E-state index contributed by atoms with van der Waals surface area (Å²) in [6.45, 7) is 9.76. The predicted molar refractivity (Wildman–Crippen MR) is 66.9 cm³/mol. The molecule has 2 saturated carbocycles. The van der Waals surface area contributed by atoms with E-state index >= 15 is 0 Å². The lowest BCUT2D eigenvalue weighted by Crippen LogP contribution is -2.28. The molecule has 0 aliphatic heterocycles.